The maximum atomic E-state index is 10.3. The van der Waals surface area contributed by atoms with Crippen LogP contribution in [0.4, 0.5) is 0 Å². The summed E-state index contributed by atoms with van der Waals surface area (Å²) in [5.74, 6) is -4.68. The Labute approximate surface area is 892 Å². The van der Waals surface area contributed by atoms with Gasteiger partial charge in [0.05, 0.1) is 24.4 Å². The summed E-state index contributed by atoms with van der Waals surface area (Å²) in [5, 5.41) is 98.9. The van der Waals surface area contributed by atoms with Gasteiger partial charge in [0.15, 0.2) is 0 Å². The van der Waals surface area contributed by atoms with Crippen LogP contribution in [0.3, 0.4) is 0 Å². The molecule has 0 aliphatic carbocycles. The van der Waals surface area contributed by atoms with E-state index >= 15 is 0 Å². The molecule has 11 N–H and O–H groups in total. The molecule has 0 fully saturated rings. The van der Waals surface area contributed by atoms with Crippen molar-refractivity contribution >= 4 is 41.8 Å². The summed E-state index contributed by atoms with van der Waals surface area (Å²) in [6.45, 7) is 15.6. The third kappa shape index (κ3) is 171. The van der Waals surface area contributed by atoms with Gasteiger partial charge in [-0.15, -0.1) is 0 Å². The van der Waals surface area contributed by atoms with Gasteiger partial charge in [-0.1, -0.05) is 587 Å². The Morgan fingerprint density at radius 3 is 0.375 bits per heavy atom. The fraction of sp³-hybridized carbons (Fsp3) is 0.929. The standard InChI is InChI=1S/3C18H36O3.C18H34O3.3C18H36O2/c4*1-2-3-4-11-14-17(19)15-12-9-7-5-6-8-10-13-16-18(20)21;3*1-2-3-4-5-6-7-8-9-10-11-12-13-14-15-16-17-18(19)20/h3*17,19H,2-16H2,1H3,(H,20,21);9,12,17,19H,2-8,10-11,13-16H2,1H3,(H,20,21);3*2-17H2,1H3,(H,19,20)/b;;;12-9-;;;/t;;;17-;;;/m...1.../s1. The fourth-order valence-corrected chi connectivity index (χ4v) is 18.3. The Morgan fingerprint density at radius 2 is 0.243 bits per heavy atom. The van der Waals surface area contributed by atoms with Crippen LogP contribution in [0.15, 0.2) is 12.2 Å². The number of rotatable bonds is 111. The molecular weight excluding hydrogens is 1800 g/mol. The second-order valence-electron chi connectivity index (χ2n) is 43.0. The van der Waals surface area contributed by atoms with E-state index in [2.05, 4.69) is 60.6 Å². The number of allylic oxidation sites excluding steroid dienone is 1. The summed E-state index contributed by atoms with van der Waals surface area (Å²) in [6.07, 6.45) is 127. The molecule has 0 saturated carbocycles. The molecule has 0 saturated heterocycles. The molecule has 3 unspecified atom stereocenters. The lowest BCUT2D eigenvalue weighted by Gasteiger charge is -2.10. The van der Waals surface area contributed by atoms with E-state index in [9.17, 15) is 54.0 Å². The van der Waals surface area contributed by atoms with Gasteiger partial charge in [-0.25, -0.2) is 0 Å². The molecule has 144 heavy (non-hydrogen) atoms. The van der Waals surface area contributed by atoms with E-state index in [0.717, 1.165) is 205 Å². The molecule has 18 nitrogen and oxygen atoms in total. The Hall–Kier alpha value is -4.13. The van der Waals surface area contributed by atoms with Crippen molar-refractivity contribution in [3.05, 3.63) is 12.2 Å². The van der Waals surface area contributed by atoms with E-state index in [1.54, 1.807) is 0 Å². The normalized spacial score (nSPS) is 11.9. The van der Waals surface area contributed by atoms with Gasteiger partial charge in [0, 0.05) is 44.9 Å². The SMILES string of the molecule is CCCCCCC(O)CCCCCCCCCCC(=O)O.CCCCCCC(O)CCCCCCCCCCC(=O)O.CCCCCCC(O)CCCCCCCCCCC(=O)O.CCCCCCCCCCCCCCCCCC(=O)O.CCCCCCCCCCCCCCCCCC(=O)O.CCCCCCCCCCCCCCCCCC(=O)O.CCCCCC[C@@H](O)C/C=C\CCCCCCCC(=O)O. The molecule has 0 spiro atoms. The predicted molar refractivity (Wildman–Crippen MR) is 616 cm³/mol. The second-order valence-corrected chi connectivity index (χ2v) is 43.0. The molecule has 0 amide bonds. The number of aliphatic carboxylic acids is 7. The van der Waals surface area contributed by atoms with Crippen molar-refractivity contribution in [2.45, 2.75) is 753 Å². The number of carboxylic acids is 7. The van der Waals surface area contributed by atoms with Crippen LogP contribution >= 0.6 is 0 Å². The van der Waals surface area contributed by atoms with Crippen molar-refractivity contribution < 1.29 is 89.7 Å². The van der Waals surface area contributed by atoms with Gasteiger partial charge >= 0.3 is 41.8 Å². The zero-order chi connectivity index (χ0) is 108. The molecule has 0 radical (unpaired) electrons. The molecule has 18 heteroatoms. The van der Waals surface area contributed by atoms with Crippen LogP contribution in [0.1, 0.15) is 729 Å². The van der Waals surface area contributed by atoms with E-state index < -0.39 is 41.8 Å². The summed E-state index contributed by atoms with van der Waals surface area (Å²) >= 11 is 0. The molecule has 0 aromatic rings. The highest BCUT2D eigenvalue weighted by molar-refractivity contribution is 5.68. The summed E-state index contributed by atoms with van der Waals surface area (Å²) in [7, 11) is 0. The minimum atomic E-state index is -0.689. The van der Waals surface area contributed by atoms with Gasteiger partial charge in [0.1, 0.15) is 0 Å². The van der Waals surface area contributed by atoms with Gasteiger partial charge in [0.25, 0.3) is 0 Å². The summed E-state index contributed by atoms with van der Waals surface area (Å²) in [5.41, 5.74) is 0. The zero-order valence-electron chi connectivity index (χ0n) is 96.7. The van der Waals surface area contributed by atoms with Crippen LogP contribution in [0.5, 0.6) is 0 Å². The highest BCUT2D eigenvalue weighted by atomic mass is 16.4. The number of aliphatic hydroxyl groups is 4. The fourth-order valence-electron chi connectivity index (χ4n) is 18.3. The predicted octanol–water partition coefficient (Wildman–Crippen LogP) is 40.0. The second kappa shape index (κ2) is 141. The molecule has 0 heterocycles. The maximum Gasteiger partial charge on any atom is 0.303 e. The summed E-state index contributed by atoms with van der Waals surface area (Å²) in [4.78, 5) is 72.3. The van der Waals surface area contributed by atoms with Crippen molar-refractivity contribution in [1.82, 2.24) is 0 Å². The smallest absolute Gasteiger partial charge is 0.303 e. The first-order valence-corrected chi connectivity index (χ1v) is 62.9. The van der Waals surface area contributed by atoms with Crippen LogP contribution in [0, 0.1) is 0 Å². The average molecular weight is 2050 g/mol. The minimum absolute atomic E-state index is 0.0853. The lowest BCUT2D eigenvalue weighted by molar-refractivity contribution is -0.138. The van der Waals surface area contributed by atoms with Crippen molar-refractivity contribution in [3.63, 3.8) is 0 Å². The van der Waals surface area contributed by atoms with Crippen molar-refractivity contribution in [3.8, 4) is 0 Å². The summed E-state index contributed by atoms with van der Waals surface area (Å²) in [6, 6.07) is 0. The Balaban J connectivity index is -0.000000304. The van der Waals surface area contributed by atoms with Gasteiger partial charge in [-0.05, 0) is 109 Å². The van der Waals surface area contributed by atoms with E-state index in [1.807, 2.05) is 0 Å². The van der Waals surface area contributed by atoms with Crippen molar-refractivity contribution in [1.29, 1.82) is 0 Å². The van der Waals surface area contributed by atoms with E-state index in [-0.39, 0.29) is 24.4 Å². The third-order valence-corrected chi connectivity index (χ3v) is 27.9. The Morgan fingerprint density at radius 1 is 0.139 bits per heavy atom. The third-order valence-electron chi connectivity index (χ3n) is 27.9. The minimum Gasteiger partial charge on any atom is -0.481 e. The van der Waals surface area contributed by atoms with Crippen LogP contribution in [0.2, 0.25) is 0 Å². The first-order valence-electron chi connectivity index (χ1n) is 62.9. The number of aliphatic hydroxyl groups excluding tert-OH is 4. The van der Waals surface area contributed by atoms with Gasteiger partial charge in [0.2, 0.25) is 0 Å². The number of carbonyl (C=O) groups is 7. The Bertz CT molecular complexity index is 2260. The van der Waals surface area contributed by atoms with Crippen LogP contribution in [-0.2, 0) is 33.6 Å². The first kappa shape index (κ1) is 153. The van der Waals surface area contributed by atoms with Crippen LogP contribution in [0.25, 0.3) is 0 Å². The van der Waals surface area contributed by atoms with E-state index in [1.165, 1.54) is 430 Å². The highest BCUT2D eigenvalue weighted by Crippen LogP contribution is 2.23. The van der Waals surface area contributed by atoms with Crippen molar-refractivity contribution in [2.75, 3.05) is 0 Å². The zero-order valence-corrected chi connectivity index (χ0v) is 96.7. The quantitative estimate of drug-likeness (QED) is 0.0199. The van der Waals surface area contributed by atoms with Crippen molar-refractivity contribution in [2.24, 2.45) is 0 Å². The molecule has 0 aromatic heterocycles. The van der Waals surface area contributed by atoms with Crippen LogP contribution < -0.4 is 0 Å². The van der Waals surface area contributed by atoms with Gasteiger partial charge in [-0.3, -0.25) is 33.6 Å². The molecule has 0 rings (SSSR count). The topological polar surface area (TPSA) is 342 Å². The van der Waals surface area contributed by atoms with Gasteiger partial charge < -0.3 is 56.2 Å². The lowest BCUT2D eigenvalue weighted by atomic mass is 10.0. The van der Waals surface area contributed by atoms with Gasteiger partial charge in [-0.2, -0.15) is 0 Å². The molecule has 0 bridgehead atoms. The average Bonchev–Trinajstić information content (AvgIpc) is 1.05. The number of carboxylic acid groups (broad SMARTS) is 7. The number of hydrogen-bond donors (Lipinski definition) is 11. The number of hydrogen-bond acceptors (Lipinski definition) is 11. The van der Waals surface area contributed by atoms with E-state index in [4.69, 9.17) is 35.7 Å². The highest BCUT2D eigenvalue weighted by Gasteiger charge is 2.11. The largest absolute Gasteiger partial charge is 0.481 e. The summed E-state index contributed by atoms with van der Waals surface area (Å²) < 4.78 is 0. The molecule has 4 atom stereocenters. The maximum absolute atomic E-state index is 10.3. The lowest BCUT2D eigenvalue weighted by Crippen LogP contribution is -2.05. The molecular formula is C126H250O18. The molecule has 0 aliphatic rings. The van der Waals surface area contributed by atoms with Crippen LogP contribution in [-0.4, -0.2) is 122 Å². The molecule has 862 valence electrons. The van der Waals surface area contributed by atoms with E-state index in [0.29, 0.717) is 44.9 Å². The first-order chi connectivity index (χ1) is 70.0. The molecule has 0 aromatic carbocycles. The monoisotopic (exact) mass is 2050 g/mol. The molecule has 0 aliphatic heterocycles. The Kier molecular flexibility index (Phi) is 150. The number of unbranched alkanes of at least 4 members (excludes halogenated alkanes) is 80.